The summed E-state index contributed by atoms with van der Waals surface area (Å²) < 4.78 is 13.3. The van der Waals surface area contributed by atoms with E-state index in [0.29, 0.717) is 13.1 Å². The number of nitrogens with two attached hydrogens (primary N) is 1. The van der Waals surface area contributed by atoms with E-state index in [1.54, 1.807) is 19.1 Å². The molecule has 0 saturated carbocycles. The molecule has 2 rings (SSSR count). The average Bonchev–Trinajstić information content (AvgIpc) is 2.39. The van der Waals surface area contributed by atoms with Gasteiger partial charge in [-0.2, -0.15) is 0 Å². The second-order valence-corrected chi connectivity index (χ2v) is 4.90. The zero-order valence-corrected chi connectivity index (χ0v) is 11.2. The molecule has 1 aromatic carbocycles. The van der Waals surface area contributed by atoms with E-state index in [1.165, 1.54) is 6.07 Å². The van der Waals surface area contributed by atoms with Crippen molar-refractivity contribution in [1.29, 1.82) is 0 Å². The first kappa shape index (κ1) is 14.0. The Balaban J connectivity index is 1.99. The second kappa shape index (κ2) is 6.12. The predicted octanol–water partition coefficient (Wildman–Crippen LogP) is 0.949. The van der Waals surface area contributed by atoms with Gasteiger partial charge in [0, 0.05) is 46.2 Å². The maximum atomic E-state index is 13.3. The third-order valence-corrected chi connectivity index (χ3v) is 3.60. The Hall–Kier alpha value is -1.46. The van der Waals surface area contributed by atoms with Crippen LogP contribution >= 0.6 is 0 Å². The Labute approximate surface area is 113 Å². The standard InChI is InChI=1S/C14H20FN3O/c1-11(19)18-6-4-17(5-7-18)10-13-8-14(15)3-2-12(13)9-16/h2-3,8H,4-7,9-10,16H2,1H3. The zero-order valence-electron chi connectivity index (χ0n) is 11.2. The number of carbonyl (C=O) groups excluding carboxylic acids is 1. The van der Waals surface area contributed by atoms with E-state index in [-0.39, 0.29) is 11.7 Å². The molecule has 1 aliphatic heterocycles. The molecule has 1 fully saturated rings. The summed E-state index contributed by atoms with van der Waals surface area (Å²) in [5, 5.41) is 0. The van der Waals surface area contributed by atoms with Crippen LogP contribution in [0.5, 0.6) is 0 Å². The van der Waals surface area contributed by atoms with E-state index >= 15 is 0 Å². The lowest BCUT2D eigenvalue weighted by atomic mass is 10.1. The highest BCUT2D eigenvalue weighted by molar-refractivity contribution is 5.73. The molecule has 0 bridgehead atoms. The number of hydrogen-bond acceptors (Lipinski definition) is 3. The summed E-state index contributed by atoms with van der Waals surface area (Å²) in [6, 6.07) is 4.75. The molecule has 4 nitrogen and oxygen atoms in total. The van der Waals surface area contributed by atoms with Crippen LogP contribution in [0.2, 0.25) is 0 Å². The van der Waals surface area contributed by atoms with Gasteiger partial charge in [-0.3, -0.25) is 9.69 Å². The van der Waals surface area contributed by atoms with Gasteiger partial charge in [0.1, 0.15) is 5.82 Å². The van der Waals surface area contributed by atoms with E-state index < -0.39 is 0 Å². The summed E-state index contributed by atoms with van der Waals surface area (Å²) in [6.45, 7) is 5.82. The van der Waals surface area contributed by atoms with Crippen LogP contribution in [-0.2, 0) is 17.9 Å². The smallest absolute Gasteiger partial charge is 0.219 e. The van der Waals surface area contributed by atoms with E-state index in [2.05, 4.69) is 4.90 Å². The van der Waals surface area contributed by atoms with Gasteiger partial charge < -0.3 is 10.6 Å². The molecule has 0 unspecified atom stereocenters. The first-order chi connectivity index (χ1) is 9.10. The normalized spacial score (nSPS) is 16.7. The highest BCUT2D eigenvalue weighted by Gasteiger charge is 2.19. The maximum Gasteiger partial charge on any atom is 0.219 e. The first-order valence-corrected chi connectivity index (χ1v) is 6.55. The Morgan fingerprint density at radius 3 is 2.53 bits per heavy atom. The molecule has 1 aromatic rings. The Morgan fingerprint density at radius 1 is 1.26 bits per heavy atom. The van der Waals surface area contributed by atoms with Crippen molar-refractivity contribution in [3.63, 3.8) is 0 Å². The van der Waals surface area contributed by atoms with Crippen molar-refractivity contribution in [3.05, 3.63) is 35.1 Å². The van der Waals surface area contributed by atoms with Gasteiger partial charge >= 0.3 is 0 Å². The van der Waals surface area contributed by atoms with Gasteiger partial charge in [-0.15, -0.1) is 0 Å². The van der Waals surface area contributed by atoms with Crippen molar-refractivity contribution in [2.75, 3.05) is 26.2 Å². The molecule has 1 saturated heterocycles. The molecule has 5 heteroatoms. The fraction of sp³-hybridized carbons (Fsp3) is 0.500. The molecule has 19 heavy (non-hydrogen) atoms. The van der Waals surface area contributed by atoms with Crippen LogP contribution in [0.15, 0.2) is 18.2 Å². The number of piperazine rings is 1. The van der Waals surface area contributed by atoms with Gasteiger partial charge in [-0.25, -0.2) is 4.39 Å². The van der Waals surface area contributed by atoms with Crippen molar-refractivity contribution >= 4 is 5.91 Å². The molecular weight excluding hydrogens is 245 g/mol. The number of carbonyl (C=O) groups is 1. The fourth-order valence-electron chi connectivity index (χ4n) is 2.40. The number of hydrogen-bond donors (Lipinski definition) is 1. The molecule has 0 spiro atoms. The minimum atomic E-state index is -0.227. The Kier molecular flexibility index (Phi) is 4.50. The molecule has 0 aromatic heterocycles. The third-order valence-electron chi connectivity index (χ3n) is 3.60. The van der Waals surface area contributed by atoms with Crippen molar-refractivity contribution < 1.29 is 9.18 Å². The molecular formula is C14H20FN3O. The van der Waals surface area contributed by atoms with Crippen LogP contribution < -0.4 is 5.73 Å². The molecule has 2 N–H and O–H groups in total. The van der Waals surface area contributed by atoms with Gasteiger partial charge in [0.15, 0.2) is 0 Å². The highest BCUT2D eigenvalue weighted by atomic mass is 19.1. The molecule has 0 aliphatic carbocycles. The van der Waals surface area contributed by atoms with Gasteiger partial charge in [0.05, 0.1) is 0 Å². The lowest BCUT2D eigenvalue weighted by Crippen LogP contribution is -2.47. The quantitative estimate of drug-likeness (QED) is 0.885. The summed E-state index contributed by atoms with van der Waals surface area (Å²) in [6.07, 6.45) is 0. The van der Waals surface area contributed by atoms with Crippen molar-refractivity contribution in [2.45, 2.75) is 20.0 Å². The average molecular weight is 265 g/mol. The fourth-order valence-corrected chi connectivity index (χ4v) is 2.40. The zero-order chi connectivity index (χ0) is 13.8. The minimum absolute atomic E-state index is 0.119. The summed E-state index contributed by atoms with van der Waals surface area (Å²) in [5.41, 5.74) is 7.60. The first-order valence-electron chi connectivity index (χ1n) is 6.55. The molecule has 0 radical (unpaired) electrons. The molecule has 0 atom stereocenters. The maximum absolute atomic E-state index is 13.3. The molecule has 1 aliphatic rings. The number of halogens is 1. The van der Waals surface area contributed by atoms with E-state index in [1.807, 2.05) is 4.90 Å². The highest BCUT2D eigenvalue weighted by Crippen LogP contribution is 2.15. The van der Waals surface area contributed by atoms with E-state index in [9.17, 15) is 9.18 Å². The van der Waals surface area contributed by atoms with Crippen molar-refractivity contribution in [2.24, 2.45) is 5.73 Å². The summed E-state index contributed by atoms with van der Waals surface area (Å²) in [5.74, 6) is -0.109. The number of benzene rings is 1. The van der Waals surface area contributed by atoms with Crippen LogP contribution in [0.4, 0.5) is 4.39 Å². The van der Waals surface area contributed by atoms with Gasteiger partial charge in [0.25, 0.3) is 0 Å². The molecule has 104 valence electrons. The minimum Gasteiger partial charge on any atom is -0.340 e. The topological polar surface area (TPSA) is 49.6 Å². The number of amides is 1. The van der Waals surface area contributed by atoms with Crippen LogP contribution in [-0.4, -0.2) is 41.9 Å². The van der Waals surface area contributed by atoms with Crippen molar-refractivity contribution in [3.8, 4) is 0 Å². The van der Waals surface area contributed by atoms with Crippen LogP contribution in [0.3, 0.4) is 0 Å². The van der Waals surface area contributed by atoms with Gasteiger partial charge in [0.2, 0.25) is 5.91 Å². The largest absolute Gasteiger partial charge is 0.340 e. The van der Waals surface area contributed by atoms with E-state index in [0.717, 1.165) is 37.3 Å². The monoisotopic (exact) mass is 265 g/mol. The summed E-state index contributed by atoms with van der Waals surface area (Å²) >= 11 is 0. The molecule has 1 amide bonds. The van der Waals surface area contributed by atoms with E-state index in [4.69, 9.17) is 5.73 Å². The van der Waals surface area contributed by atoms with Crippen LogP contribution in [0.1, 0.15) is 18.1 Å². The molecule has 1 heterocycles. The Bertz CT molecular complexity index is 456. The predicted molar refractivity (Wildman–Crippen MR) is 71.8 cm³/mol. The lowest BCUT2D eigenvalue weighted by molar-refractivity contribution is -0.130. The SMILES string of the molecule is CC(=O)N1CCN(Cc2cc(F)ccc2CN)CC1. The lowest BCUT2D eigenvalue weighted by Gasteiger charge is -2.34. The van der Waals surface area contributed by atoms with Crippen LogP contribution in [0.25, 0.3) is 0 Å². The Morgan fingerprint density at radius 2 is 1.95 bits per heavy atom. The summed E-state index contributed by atoms with van der Waals surface area (Å²) in [4.78, 5) is 15.3. The van der Waals surface area contributed by atoms with Gasteiger partial charge in [-0.05, 0) is 23.3 Å². The second-order valence-electron chi connectivity index (χ2n) is 4.90. The van der Waals surface area contributed by atoms with Gasteiger partial charge in [-0.1, -0.05) is 6.07 Å². The third kappa shape index (κ3) is 3.52. The van der Waals surface area contributed by atoms with Crippen LogP contribution in [0, 0.1) is 5.82 Å². The summed E-state index contributed by atoms with van der Waals surface area (Å²) in [7, 11) is 0. The number of rotatable bonds is 3. The van der Waals surface area contributed by atoms with Crippen molar-refractivity contribution in [1.82, 2.24) is 9.80 Å². The number of nitrogens with zero attached hydrogens (tertiary/aromatic N) is 2.